The van der Waals surface area contributed by atoms with Crippen LogP contribution in [0.2, 0.25) is 0 Å². The number of ether oxygens (including phenoxy) is 3. The van der Waals surface area contributed by atoms with Crippen molar-refractivity contribution in [2.45, 2.75) is 6.42 Å². The fourth-order valence-electron chi connectivity index (χ4n) is 5.75. The molecule has 0 saturated carbocycles. The number of fused-ring (bicyclic) bond motifs is 2. The Hall–Kier alpha value is -5.54. The van der Waals surface area contributed by atoms with Crippen LogP contribution in [-0.2, 0) is 11.2 Å². The van der Waals surface area contributed by atoms with Gasteiger partial charge in [0.05, 0.1) is 67.1 Å². The van der Waals surface area contributed by atoms with E-state index in [1.165, 1.54) is 5.69 Å². The normalized spacial score (nSPS) is 13.8. The number of pyridine rings is 1. The summed E-state index contributed by atoms with van der Waals surface area (Å²) in [5, 5.41) is 9.91. The van der Waals surface area contributed by atoms with Crippen LogP contribution >= 0.6 is 0 Å². The van der Waals surface area contributed by atoms with Crippen LogP contribution in [0.5, 0.6) is 11.5 Å². The second-order valence-electron chi connectivity index (χ2n) is 11.2. The molecule has 3 N–H and O–H groups in total. The number of benzene rings is 4. The van der Waals surface area contributed by atoms with Crippen molar-refractivity contribution in [3.05, 3.63) is 115 Å². The van der Waals surface area contributed by atoms with Crippen LogP contribution in [-0.4, -0.2) is 50.9 Å². The summed E-state index contributed by atoms with van der Waals surface area (Å²) < 4.78 is 17.2. The Morgan fingerprint density at radius 2 is 1.70 bits per heavy atom. The fraction of sp³-hybridized carbons (Fsp3) is 0.189. The second kappa shape index (κ2) is 13.2. The summed E-state index contributed by atoms with van der Waals surface area (Å²) >= 11 is 0. The molecule has 1 amide bonds. The first-order valence-electron chi connectivity index (χ1n) is 15.4. The number of methoxy groups -OCH3 is 1. The molecule has 9 heteroatoms. The first-order valence-corrected chi connectivity index (χ1v) is 15.4. The molecular formula is C37H35N5O4. The molecule has 0 bridgehead atoms. The van der Waals surface area contributed by atoms with Gasteiger partial charge in [0.25, 0.3) is 5.91 Å². The standard InChI is InChI=1S/C37H35N5O4/c1-44-36-23-27(6-13-33(36)39-28-3-2-15-38-24-28)26-5-11-31-34(22-26)40-32-12-4-25(21-35(32)41-37(31)43)14-18-46-30-9-7-29(8-10-30)42-16-19-45-20-17-42/h2-13,15,21-24,39-40H,14,16-20H2,1H3,(H,41,43). The molecule has 0 spiro atoms. The van der Waals surface area contributed by atoms with Gasteiger partial charge in [0.1, 0.15) is 11.5 Å². The van der Waals surface area contributed by atoms with Crippen LogP contribution in [0.1, 0.15) is 15.9 Å². The van der Waals surface area contributed by atoms with Crippen molar-refractivity contribution in [2.24, 2.45) is 0 Å². The van der Waals surface area contributed by atoms with Crippen molar-refractivity contribution in [3.63, 3.8) is 0 Å². The number of anilines is 6. The van der Waals surface area contributed by atoms with E-state index in [0.29, 0.717) is 24.3 Å². The molecular weight excluding hydrogens is 578 g/mol. The summed E-state index contributed by atoms with van der Waals surface area (Å²) in [7, 11) is 1.65. The molecule has 5 aromatic rings. The van der Waals surface area contributed by atoms with Gasteiger partial charge >= 0.3 is 0 Å². The maximum absolute atomic E-state index is 13.3. The molecule has 0 atom stereocenters. The third-order valence-electron chi connectivity index (χ3n) is 8.21. The lowest BCUT2D eigenvalue weighted by atomic mass is 10.0. The van der Waals surface area contributed by atoms with Gasteiger partial charge in [-0.25, -0.2) is 0 Å². The van der Waals surface area contributed by atoms with E-state index in [1.54, 1.807) is 19.5 Å². The minimum Gasteiger partial charge on any atom is -0.495 e. The average molecular weight is 614 g/mol. The van der Waals surface area contributed by atoms with Gasteiger partial charge in [0.15, 0.2) is 0 Å². The number of hydrogen-bond acceptors (Lipinski definition) is 8. The Labute approximate surface area is 268 Å². The molecule has 2 aliphatic rings. The van der Waals surface area contributed by atoms with E-state index < -0.39 is 0 Å². The number of amides is 1. The van der Waals surface area contributed by atoms with Crippen LogP contribution < -0.4 is 30.3 Å². The zero-order valence-corrected chi connectivity index (χ0v) is 25.6. The Bertz CT molecular complexity index is 1840. The number of aromatic nitrogens is 1. The molecule has 1 fully saturated rings. The van der Waals surface area contributed by atoms with Gasteiger partial charge in [0.2, 0.25) is 0 Å². The first kappa shape index (κ1) is 29.2. The zero-order valence-electron chi connectivity index (χ0n) is 25.6. The van der Waals surface area contributed by atoms with Crippen molar-refractivity contribution >= 4 is 40.0 Å². The highest BCUT2D eigenvalue weighted by Crippen LogP contribution is 2.37. The average Bonchev–Trinajstić information content (AvgIpc) is 3.24. The number of hydrogen-bond donors (Lipinski definition) is 3. The van der Waals surface area contributed by atoms with Gasteiger partial charge in [-0.3, -0.25) is 9.78 Å². The summed E-state index contributed by atoms with van der Waals surface area (Å²) in [6.07, 6.45) is 4.20. The summed E-state index contributed by atoms with van der Waals surface area (Å²) in [6.45, 7) is 3.87. The molecule has 1 aromatic heterocycles. The smallest absolute Gasteiger partial charge is 0.257 e. The highest BCUT2D eigenvalue weighted by molar-refractivity contribution is 6.12. The van der Waals surface area contributed by atoms with E-state index in [4.69, 9.17) is 14.2 Å². The fourth-order valence-corrected chi connectivity index (χ4v) is 5.75. The second-order valence-corrected chi connectivity index (χ2v) is 11.2. The predicted octanol–water partition coefficient (Wildman–Crippen LogP) is 7.27. The van der Waals surface area contributed by atoms with E-state index in [1.807, 2.05) is 72.8 Å². The number of nitrogens with one attached hydrogen (secondary N) is 3. The molecule has 9 nitrogen and oxygen atoms in total. The topological polar surface area (TPSA) is 97.0 Å². The molecule has 2 aliphatic heterocycles. The Morgan fingerprint density at radius 3 is 2.50 bits per heavy atom. The summed E-state index contributed by atoms with van der Waals surface area (Å²) in [6, 6.07) is 29.9. The Balaban J connectivity index is 1.02. The van der Waals surface area contributed by atoms with Crippen molar-refractivity contribution in [3.8, 4) is 22.6 Å². The van der Waals surface area contributed by atoms with Gasteiger partial charge in [-0.15, -0.1) is 0 Å². The number of rotatable bonds is 9. The predicted molar refractivity (Wildman–Crippen MR) is 182 cm³/mol. The molecule has 0 unspecified atom stereocenters. The van der Waals surface area contributed by atoms with Crippen LogP contribution in [0.25, 0.3) is 11.1 Å². The van der Waals surface area contributed by atoms with Crippen LogP contribution in [0.4, 0.5) is 34.1 Å². The van der Waals surface area contributed by atoms with Gasteiger partial charge in [-0.1, -0.05) is 18.2 Å². The Morgan fingerprint density at radius 1 is 0.870 bits per heavy atom. The molecule has 0 radical (unpaired) electrons. The van der Waals surface area contributed by atoms with Gasteiger partial charge in [0, 0.05) is 31.4 Å². The van der Waals surface area contributed by atoms with E-state index >= 15 is 0 Å². The molecule has 232 valence electrons. The molecule has 46 heavy (non-hydrogen) atoms. The lowest BCUT2D eigenvalue weighted by molar-refractivity contribution is 0.102. The quantitative estimate of drug-likeness (QED) is 0.160. The number of carbonyl (C=O) groups is 1. The highest BCUT2D eigenvalue weighted by atomic mass is 16.5. The summed E-state index contributed by atoms with van der Waals surface area (Å²) in [4.78, 5) is 19.8. The SMILES string of the molecule is COc1cc(-c2ccc3c(c2)Nc2ccc(CCOc4ccc(N5CCOCC5)cc4)cc2NC3=O)ccc1Nc1cccnc1. The first-order chi connectivity index (χ1) is 22.6. The molecule has 7 rings (SSSR count). The van der Waals surface area contributed by atoms with E-state index in [9.17, 15) is 4.79 Å². The zero-order chi connectivity index (χ0) is 31.3. The maximum Gasteiger partial charge on any atom is 0.257 e. The van der Waals surface area contributed by atoms with E-state index in [2.05, 4.69) is 44.0 Å². The van der Waals surface area contributed by atoms with Gasteiger partial charge in [-0.2, -0.15) is 0 Å². The minimum atomic E-state index is -0.157. The minimum absolute atomic E-state index is 0.157. The maximum atomic E-state index is 13.3. The number of nitrogens with zero attached hydrogens (tertiary/aromatic N) is 2. The summed E-state index contributed by atoms with van der Waals surface area (Å²) in [5.41, 5.74) is 8.78. The van der Waals surface area contributed by atoms with Crippen LogP contribution in [0.3, 0.4) is 0 Å². The molecule has 0 aliphatic carbocycles. The van der Waals surface area contributed by atoms with Crippen molar-refractivity contribution < 1.29 is 19.0 Å². The van der Waals surface area contributed by atoms with Crippen molar-refractivity contribution in [1.82, 2.24) is 4.98 Å². The largest absolute Gasteiger partial charge is 0.495 e. The van der Waals surface area contributed by atoms with Crippen molar-refractivity contribution in [2.75, 3.05) is 60.9 Å². The number of carbonyl (C=O) groups excluding carboxylic acids is 1. The molecule has 1 saturated heterocycles. The van der Waals surface area contributed by atoms with Crippen LogP contribution in [0.15, 0.2) is 103 Å². The van der Waals surface area contributed by atoms with E-state index in [-0.39, 0.29) is 5.91 Å². The summed E-state index contributed by atoms with van der Waals surface area (Å²) in [5.74, 6) is 1.38. The highest BCUT2D eigenvalue weighted by Gasteiger charge is 2.20. The van der Waals surface area contributed by atoms with Gasteiger partial charge < -0.3 is 35.1 Å². The third-order valence-corrected chi connectivity index (χ3v) is 8.21. The van der Waals surface area contributed by atoms with Crippen LogP contribution in [0, 0.1) is 0 Å². The van der Waals surface area contributed by atoms with Crippen molar-refractivity contribution in [1.29, 1.82) is 0 Å². The lowest BCUT2D eigenvalue weighted by Gasteiger charge is -2.28. The third kappa shape index (κ3) is 6.45. The monoisotopic (exact) mass is 613 g/mol. The lowest BCUT2D eigenvalue weighted by Crippen LogP contribution is -2.36. The molecule has 4 aromatic carbocycles. The van der Waals surface area contributed by atoms with E-state index in [0.717, 1.165) is 77.2 Å². The van der Waals surface area contributed by atoms with Gasteiger partial charge in [-0.05, 0) is 89.5 Å². The Kier molecular flexibility index (Phi) is 8.38. The molecule has 3 heterocycles. The number of morpholine rings is 1.